The van der Waals surface area contributed by atoms with E-state index in [1.54, 1.807) is 4.68 Å². The summed E-state index contributed by atoms with van der Waals surface area (Å²) in [5, 5.41) is 17.4. The molecule has 6 heteroatoms. The van der Waals surface area contributed by atoms with E-state index in [1.165, 1.54) is 11.6 Å². The molecule has 0 spiro atoms. The average molecular weight is 433 g/mol. The number of anilines is 1. The van der Waals surface area contributed by atoms with Crippen molar-refractivity contribution in [3.05, 3.63) is 86.2 Å². The van der Waals surface area contributed by atoms with Gasteiger partial charge in [0.1, 0.15) is 16.8 Å². The summed E-state index contributed by atoms with van der Waals surface area (Å²) in [6, 6.07) is 14.1. The van der Waals surface area contributed by atoms with Gasteiger partial charge in [0.25, 0.3) is 5.91 Å². The third kappa shape index (κ3) is 5.04. The summed E-state index contributed by atoms with van der Waals surface area (Å²) >= 11 is 6.56. The van der Waals surface area contributed by atoms with E-state index >= 15 is 0 Å². The SMILES string of the molecule is Cc1ccc(Cn2nc(C)c(/C=C(\C#N)C(=O)Nc3c(C)cc(C)cc3C)c2Cl)cc1. The molecule has 0 aliphatic heterocycles. The molecule has 0 aliphatic rings. The molecule has 0 saturated heterocycles. The number of carbonyl (C=O) groups excluding carboxylic acids is 1. The van der Waals surface area contributed by atoms with Gasteiger partial charge in [0, 0.05) is 11.3 Å². The number of hydrogen-bond acceptors (Lipinski definition) is 3. The van der Waals surface area contributed by atoms with E-state index in [0.29, 0.717) is 23.0 Å². The number of nitrogens with zero attached hydrogens (tertiary/aromatic N) is 3. The molecule has 158 valence electrons. The number of aryl methyl sites for hydroxylation is 5. The van der Waals surface area contributed by atoms with Crippen molar-refractivity contribution in [2.75, 3.05) is 5.32 Å². The lowest BCUT2D eigenvalue weighted by atomic mass is 10.0. The number of nitriles is 1. The lowest BCUT2D eigenvalue weighted by Gasteiger charge is -2.12. The van der Waals surface area contributed by atoms with Crippen molar-refractivity contribution >= 4 is 29.3 Å². The van der Waals surface area contributed by atoms with E-state index in [0.717, 1.165) is 27.9 Å². The van der Waals surface area contributed by atoms with Gasteiger partial charge in [-0.3, -0.25) is 4.79 Å². The summed E-state index contributed by atoms with van der Waals surface area (Å²) in [6.45, 7) is 10.2. The van der Waals surface area contributed by atoms with Crippen LogP contribution in [0, 0.1) is 45.9 Å². The second-order valence-corrected chi connectivity index (χ2v) is 8.19. The lowest BCUT2D eigenvalue weighted by molar-refractivity contribution is -0.112. The van der Waals surface area contributed by atoms with Crippen molar-refractivity contribution in [1.82, 2.24) is 9.78 Å². The van der Waals surface area contributed by atoms with Gasteiger partial charge in [-0.05, 0) is 57.4 Å². The van der Waals surface area contributed by atoms with Gasteiger partial charge in [0.2, 0.25) is 0 Å². The maximum Gasteiger partial charge on any atom is 0.266 e. The first-order valence-electron chi connectivity index (χ1n) is 9.99. The summed E-state index contributed by atoms with van der Waals surface area (Å²) in [4.78, 5) is 12.8. The van der Waals surface area contributed by atoms with Crippen molar-refractivity contribution in [3.8, 4) is 6.07 Å². The number of hydrogen-bond donors (Lipinski definition) is 1. The van der Waals surface area contributed by atoms with Gasteiger partial charge in [0.05, 0.1) is 12.2 Å². The fourth-order valence-corrected chi connectivity index (χ4v) is 3.84. The standard InChI is InChI=1S/C25H25ClN4O/c1-15-6-8-20(9-7-15)14-30-24(26)22(19(5)29-30)12-21(13-27)25(31)28-23-17(3)10-16(2)11-18(23)4/h6-12H,14H2,1-5H3,(H,28,31)/b21-12+. The fourth-order valence-electron chi connectivity index (χ4n) is 3.55. The molecular formula is C25H25ClN4O. The molecule has 0 fully saturated rings. The van der Waals surface area contributed by atoms with Gasteiger partial charge in [-0.15, -0.1) is 0 Å². The van der Waals surface area contributed by atoms with E-state index in [4.69, 9.17) is 11.6 Å². The van der Waals surface area contributed by atoms with E-state index in [1.807, 2.05) is 77.1 Å². The molecule has 1 N–H and O–H groups in total. The van der Waals surface area contributed by atoms with E-state index in [9.17, 15) is 10.1 Å². The van der Waals surface area contributed by atoms with Crippen LogP contribution in [0.4, 0.5) is 5.69 Å². The zero-order chi connectivity index (χ0) is 22.7. The third-order valence-electron chi connectivity index (χ3n) is 5.13. The summed E-state index contributed by atoms with van der Waals surface area (Å²) in [7, 11) is 0. The lowest BCUT2D eigenvalue weighted by Crippen LogP contribution is -2.15. The van der Waals surface area contributed by atoms with Gasteiger partial charge in [-0.2, -0.15) is 10.4 Å². The number of aromatic nitrogens is 2. The highest BCUT2D eigenvalue weighted by Gasteiger charge is 2.17. The van der Waals surface area contributed by atoms with Crippen molar-refractivity contribution in [1.29, 1.82) is 5.26 Å². The second kappa shape index (κ2) is 9.20. The zero-order valence-corrected chi connectivity index (χ0v) is 19.1. The van der Waals surface area contributed by atoms with Crippen LogP contribution in [0.15, 0.2) is 42.0 Å². The summed E-state index contributed by atoms with van der Waals surface area (Å²) in [5.41, 5.74) is 7.17. The predicted octanol–water partition coefficient (Wildman–Crippen LogP) is 5.67. The minimum absolute atomic E-state index is 0.0285. The Morgan fingerprint density at radius 3 is 2.29 bits per heavy atom. The third-order valence-corrected chi connectivity index (χ3v) is 5.53. The molecule has 31 heavy (non-hydrogen) atoms. The number of rotatable bonds is 5. The van der Waals surface area contributed by atoms with Crippen LogP contribution in [0.2, 0.25) is 5.15 Å². The maximum atomic E-state index is 12.8. The Bertz CT molecular complexity index is 1190. The topological polar surface area (TPSA) is 70.7 Å². The molecule has 0 unspecified atom stereocenters. The van der Waals surface area contributed by atoms with Gasteiger partial charge >= 0.3 is 0 Å². The molecule has 1 heterocycles. The Morgan fingerprint density at radius 2 is 1.71 bits per heavy atom. The van der Waals surface area contributed by atoms with E-state index in [-0.39, 0.29) is 5.57 Å². The number of benzene rings is 2. The fraction of sp³-hybridized carbons (Fsp3) is 0.240. The van der Waals surface area contributed by atoms with Gasteiger partial charge < -0.3 is 5.32 Å². The first kappa shape index (κ1) is 22.3. The highest BCUT2D eigenvalue weighted by Crippen LogP contribution is 2.26. The maximum absolute atomic E-state index is 12.8. The van der Waals surface area contributed by atoms with Crippen LogP contribution in [0.3, 0.4) is 0 Å². The predicted molar refractivity (Wildman–Crippen MR) is 125 cm³/mol. The quantitative estimate of drug-likeness (QED) is 0.417. The van der Waals surface area contributed by atoms with Gasteiger partial charge in [0.15, 0.2) is 0 Å². The van der Waals surface area contributed by atoms with Crippen molar-refractivity contribution < 1.29 is 4.79 Å². The number of amides is 1. The van der Waals surface area contributed by atoms with Crippen LogP contribution in [0.25, 0.3) is 6.08 Å². The minimum atomic E-state index is -0.473. The van der Waals surface area contributed by atoms with Crippen LogP contribution in [-0.2, 0) is 11.3 Å². The Balaban J connectivity index is 1.89. The molecule has 1 amide bonds. The highest BCUT2D eigenvalue weighted by molar-refractivity contribution is 6.31. The van der Waals surface area contributed by atoms with Crippen LogP contribution in [0.1, 0.15) is 39.1 Å². The smallest absolute Gasteiger partial charge is 0.266 e. The minimum Gasteiger partial charge on any atom is -0.321 e. The average Bonchev–Trinajstić information content (AvgIpc) is 2.97. The van der Waals surface area contributed by atoms with Gasteiger partial charge in [-0.1, -0.05) is 59.1 Å². The zero-order valence-electron chi connectivity index (χ0n) is 18.4. The first-order valence-corrected chi connectivity index (χ1v) is 10.4. The Hall–Kier alpha value is -3.36. The number of nitrogens with one attached hydrogen (secondary N) is 1. The molecule has 1 aromatic heterocycles. The summed E-state index contributed by atoms with van der Waals surface area (Å²) in [5.74, 6) is -0.473. The van der Waals surface area contributed by atoms with Crippen molar-refractivity contribution in [2.24, 2.45) is 0 Å². The molecule has 3 aromatic rings. The molecular weight excluding hydrogens is 408 g/mol. The van der Waals surface area contributed by atoms with Crippen molar-refractivity contribution in [2.45, 2.75) is 41.2 Å². The number of halogens is 1. The number of carbonyl (C=O) groups is 1. The molecule has 0 radical (unpaired) electrons. The Kier molecular flexibility index (Phi) is 6.62. The second-order valence-electron chi connectivity index (χ2n) is 7.83. The van der Waals surface area contributed by atoms with Crippen LogP contribution >= 0.6 is 11.6 Å². The van der Waals surface area contributed by atoms with Crippen LogP contribution < -0.4 is 5.32 Å². The van der Waals surface area contributed by atoms with Crippen molar-refractivity contribution in [3.63, 3.8) is 0 Å². The normalized spacial score (nSPS) is 11.3. The summed E-state index contributed by atoms with van der Waals surface area (Å²) in [6.07, 6.45) is 1.50. The molecule has 0 aliphatic carbocycles. The molecule has 5 nitrogen and oxygen atoms in total. The van der Waals surface area contributed by atoms with E-state index < -0.39 is 5.91 Å². The molecule has 0 atom stereocenters. The monoisotopic (exact) mass is 432 g/mol. The first-order chi connectivity index (χ1) is 14.7. The Labute approximate surface area is 188 Å². The molecule has 2 aromatic carbocycles. The summed E-state index contributed by atoms with van der Waals surface area (Å²) < 4.78 is 1.68. The van der Waals surface area contributed by atoms with Crippen LogP contribution in [-0.4, -0.2) is 15.7 Å². The molecule has 3 rings (SSSR count). The van der Waals surface area contributed by atoms with Gasteiger partial charge in [-0.25, -0.2) is 4.68 Å². The van der Waals surface area contributed by atoms with E-state index in [2.05, 4.69) is 10.4 Å². The largest absolute Gasteiger partial charge is 0.321 e. The highest BCUT2D eigenvalue weighted by atomic mass is 35.5. The molecule has 0 bridgehead atoms. The molecule has 0 saturated carbocycles. The van der Waals surface area contributed by atoms with Crippen LogP contribution in [0.5, 0.6) is 0 Å². The Morgan fingerprint density at radius 1 is 1.10 bits per heavy atom.